The Balaban J connectivity index is 1.70. The number of hydrogen-bond acceptors (Lipinski definition) is 4. The molecule has 1 saturated heterocycles. The van der Waals surface area contributed by atoms with E-state index in [4.69, 9.17) is 4.42 Å². The van der Waals surface area contributed by atoms with Crippen LogP contribution in [0.5, 0.6) is 5.75 Å². The van der Waals surface area contributed by atoms with Gasteiger partial charge in [-0.1, -0.05) is 39.0 Å². The van der Waals surface area contributed by atoms with E-state index in [1.807, 2.05) is 43.9 Å². The number of aromatic hydroxyl groups is 1. The number of phenolic OH excluding ortho intramolecular Hbond substituents is 1. The molecule has 0 atom stereocenters. The van der Waals surface area contributed by atoms with Crippen LogP contribution in [-0.4, -0.2) is 39.8 Å². The molecular weight excluding hydrogens is 368 g/mol. The molecule has 1 fully saturated rings. The Bertz CT molecular complexity index is 831. The number of benzene rings is 1. The van der Waals surface area contributed by atoms with Crippen LogP contribution in [0, 0.1) is 11.3 Å². The number of para-hydroxylation sites is 1. The highest BCUT2D eigenvalue weighted by Crippen LogP contribution is 2.27. The molecule has 2 heterocycles. The first-order valence-electron chi connectivity index (χ1n) is 10.1. The quantitative estimate of drug-likeness (QED) is 0.831. The van der Waals surface area contributed by atoms with E-state index in [0.717, 1.165) is 0 Å². The standard InChI is InChI=1S/C23H30N2O4/c1-23(2,3)22(28)24-12-10-17(11-13-24)21(27)25(16-19-8-6-14-29-19)15-18-7-4-5-9-20(18)26/h4-9,14,17,26H,10-13,15-16H2,1-3H3. The van der Waals surface area contributed by atoms with Crippen molar-refractivity contribution in [3.05, 3.63) is 54.0 Å². The molecule has 0 bridgehead atoms. The lowest BCUT2D eigenvalue weighted by atomic mass is 9.90. The molecule has 29 heavy (non-hydrogen) atoms. The summed E-state index contributed by atoms with van der Waals surface area (Å²) in [7, 11) is 0. The predicted molar refractivity (Wildman–Crippen MR) is 110 cm³/mol. The Labute approximate surface area is 172 Å². The van der Waals surface area contributed by atoms with E-state index in [1.54, 1.807) is 29.4 Å². The minimum absolute atomic E-state index is 0.0347. The van der Waals surface area contributed by atoms with Gasteiger partial charge in [0.2, 0.25) is 11.8 Å². The minimum atomic E-state index is -0.410. The van der Waals surface area contributed by atoms with Crippen LogP contribution in [0.15, 0.2) is 47.1 Å². The monoisotopic (exact) mass is 398 g/mol. The third-order valence-corrected chi connectivity index (χ3v) is 5.36. The molecule has 0 aliphatic carbocycles. The van der Waals surface area contributed by atoms with Gasteiger partial charge in [-0.25, -0.2) is 0 Å². The topological polar surface area (TPSA) is 74.0 Å². The van der Waals surface area contributed by atoms with Gasteiger partial charge in [0.1, 0.15) is 11.5 Å². The molecule has 156 valence electrons. The number of likely N-dealkylation sites (tertiary alicyclic amines) is 1. The van der Waals surface area contributed by atoms with Crippen molar-refractivity contribution in [1.82, 2.24) is 9.80 Å². The van der Waals surface area contributed by atoms with Crippen LogP contribution in [0.2, 0.25) is 0 Å². The Hall–Kier alpha value is -2.76. The van der Waals surface area contributed by atoms with E-state index in [2.05, 4.69) is 0 Å². The van der Waals surface area contributed by atoms with Gasteiger partial charge in [-0.15, -0.1) is 0 Å². The summed E-state index contributed by atoms with van der Waals surface area (Å²) in [6.07, 6.45) is 2.89. The maximum Gasteiger partial charge on any atom is 0.227 e. The second-order valence-corrected chi connectivity index (χ2v) is 8.72. The van der Waals surface area contributed by atoms with Gasteiger partial charge >= 0.3 is 0 Å². The third-order valence-electron chi connectivity index (χ3n) is 5.36. The van der Waals surface area contributed by atoms with E-state index in [1.165, 1.54) is 0 Å². The third kappa shape index (κ3) is 5.19. The summed E-state index contributed by atoms with van der Waals surface area (Å²) in [5.41, 5.74) is 0.292. The Morgan fingerprint density at radius 2 is 1.79 bits per heavy atom. The van der Waals surface area contributed by atoms with Gasteiger partial charge in [-0.2, -0.15) is 0 Å². The summed E-state index contributed by atoms with van der Waals surface area (Å²) in [6.45, 7) is 7.61. The molecule has 1 aromatic carbocycles. The number of carbonyl (C=O) groups is 2. The smallest absolute Gasteiger partial charge is 0.227 e. The Kier molecular flexibility index (Phi) is 6.30. The van der Waals surface area contributed by atoms with Crippen molar-refractivity contribution >= 4 is 11.8 Å². The van der Waals surface area contributed by atoms with Crippen LogP contribution < -0.4 is 0 Å². The van der Waals surface area contributed by atoms with Crippen molar-refractivity contribution in [3.63, 3.8) is 0 Å². The molecule has 1 aromatic heterocycles. The molecule has 0 radical (unpaired) electrons. The van der Waals surface area contributed by atoms with E-state index in [9.17, 15) is 14.7 Å². The highest BCUT2D eigenvalue weighted by Gasteiger charge is 2.34. The number of amides is 2. The first-order chi connectivity index (χ1) is 13.8. The molecule has 0 saturated carbocycles. The number of carbonyl (C=O) groups excluding carboxylic acids is 2. The maximum atomic E-state index is 13.3. The van der Waals surface area contributed by atoms with E-state index in [-0.39, 0.29) is 23.5 Å². The number of hydrogen-bond donors (Lipinski definition) is 1. The molecule has 2 amide bonds. The second-order valence-electron chi connectivity index (χ2n) is 8.72. The first-order valence-corrected chi connectivity index (χ1v) is 10.1. The predicted octanol–water partition coefficient (Wildman–Crippen LogP) is 3.80. The zero-order valence-corrected chi connectivity index (χ0v) is 17.4. The van der Waals surface area contributed by atoms with E-state index in [0.29, 0.717) is 50.3 Å². The summed E-state index contributed by atoms with van der Waals surface area (Å²) in [5, 5.41) is 10.1. The van der Waals surface area contributed by atoms with Crippen LogP contribution in [-0.2, 0) is 22.7 Å². The van der Waals surface area contributed by atoms with Crippen molar-refractivity contribution in [2.45, 2.75) is 46.7 Å². The zero-order valence-electron chi connectivity index (χ0n) is 17.4. The number of piperidine rings is 1. The van der Waals surface area contributed by atoms with Crippen LogP contribution in [0.4, 0.5) is 0 Å². The van der Waals surface area contributed by atoms with Gasteiger partial charge in [0, 0.05) is 36.5 Å². The van der Waals surface area contributed by atoms with Gasteiger partial charge in [0.25, 0.3) is 0 Å². The van der Waals surface area contributed by atoms with Crippen molar-refractivity contribution < 1.29 is 19.1 Å². The zero-order chi connectivity index (χ0) is 21.0. The normalized spacial score (nSPS) is 15.3. The number of rotatable bonds is 5. The van der Waals surface area contributed by atoms with Gasteiger partial charge < -0.3 is 19.3 Å². The highest BCUT2D eigenvalue weighted by atomic mass is 16.3. The highest BCUT2D eigenvalue weighted by molar-refractivity contribution is 5.82. The largest absolute Gasteiger partial charge is 0.508 e. The average Bonchev–Trinajstić information content (AvgIpc) is 3.20. The first kappa shape index (κ1) is 21.0. The summed E-state index contributed by atoms with van der Waals surface area (Å²) in [6, 6.07) is 10.7. The SMILES string of the molecule is CC(C)(C)C(=O)N1CCC(C(=O)N(Cc2ccco2)Cc2ccccc2O)CC1. The van der Waals surface area contributed by atoms with Gasteiger partial charge in [-0.05, 0) is 31.0 Å². The molecule has 2 aromatic rings. The van der Waals surface area contributed by atoms with Crippen molar-refractivity contribution in [1.29, 1.82) is 0 Å². The van der Waals surface area contributed by atoms with Crippen molar-refractivity contribution in [2.75, 3.05) is 13.1 Å². The molecule has 6 heteroatoms. The average molecular weight is 399 g/mol. The van der Waals surface area contributed by atoms with Crippen molar-refractivity contribution in [2.24, 2.45) is 11.3 Å². The Morgan fingerprint density at radius 3 is 2.38 bits per heavy atom. The van der Waals surface area contributed by atoms with Crippen LogP contribution >= 0.6 is 0 Å². The summed E-state index contributed by atoms with van der Waals surface area (Å²) < 4.78 is 5.45. The van der Waals surface area contributed by atoms with Crippen LogP contribution in [0.25, 0.3) is 0 Å². The fraction of sp³-hybridized carbons (Fsp3) is 0.478. The molecule has 0 unspecified atom stereocenters. The molecule has 1 aliphatic heterocycles. The maximum absolute atomic E-state index is 13.3. The fourth-order valence-electron chi connectivity index (χ4n) is 3.71. The van der Waals surface area contributed by atoms with Gasteiger partial charge in [0.05, 0.1) is 12.8 Å². The molecule has 0 spiro atoms. The summed E-state index contributed by atoms with van der Waals surface area (Å²) in [5.74, 6) is 0.904. The lowest BCUT2D eigenvalue weighted by molar-refractivity contribution is -0.145. The lowest BCUT2D eigenvalue weighted by Gasteiger charge is -2.37. The number of furan rings is 1. The van der Waals surface area contributed by atoms with Crippen molar-refractivity contribution in [3.8, 4) is 5.75 Å². The summed E-state index contributed by atoms with van der Waals surface area (Å²) in [4.78, 5) is 29.4. The molecule has 3 rings (SSSR count). The molecule has 1 aliphatic rings. The lowest BCUT2D eigenvalue weighted by Crippen LogP contribution is -2.47. The fourth-order valence-corrected chi connectivity index (χ4v) is 3.71. The van der Waals surface area contributed by atoms with Gasteiger partial charge in [0.15, 0.2) is 0 Å². The molecule has 1 N–H and O–H groups in total. The molecule has 6 nitrogen and oxygen atoms in total. The Morgan fingerprint density at radius 1 is 1.10 bits per heavy atom. The van der Waals surface area contributed by atoms with Crippen LogP contribution in [0.1, 0.15) is 44.9 Å². The molecular formula is C23H30N2O4. The summed E-state index contributed by atoms with van der Waals surface area (Å²) >= 11 is 0. The van der Waals surface area contributed by atoms with Crippen LogP contribution in [0.3, 0.4) is 0 Å². The van der Waals surface area contributed by atoms with E-state index >= 15 is 0 Å². The number of nitrogens with zero attached hydrogens (tertiary/aromatic N) is 2. The number of phenols is 1. The van der Waals surface area contributed by atoms with E-state index < -0.39 is 5.41 Å². The van der Waals surface area contributed by atoms with Gasteiger partial charge in [-0.3, -0.25) is 9.59 Å². The minimum Gasteiger partial charge on any atom is -0.508 e. The second kappa shape index (κ2) is 8.72.